The lowest BCUT2D eigenvalue weighted by Gasteiger charge is -2.08. The van der Waals surface area contributed by atoms with E-state index in [-0.39, 0.29) is 18.1 Å². The Balaban J connectivity index is 1.81. The lowest BCUT2D eigenvalue weighted by atomic mass is 10.2. The molecule has 7 nitrogen and oxygen atoms in total. The van der Waals surface area contributed by atoms with Gasteiger partial charge in [-0.3, -0.25) is 9.20 Å². The molecule has 0 aliphatic carbocycles. The molecule has 0 unspecified atom stereocenters. The van der Waals surface area contributed by atoms with Gasteiger partial charge < -0.3 is 11.1 Å². The zero-order valence-electron chi connectivity index (χ0n) is 12.0. The van der Waals surface area contributed by atoms with Crippen LogP contribution in [0.5, 0.6) is 0 Å². The molecule has 0 atom stereocenters. The SMILES string of the molecule is Cc1cc(N)ccc1NC(=O)Cn1nc2ccccn2c1=O. The van der Waals surface area contributed by atoms with Crippen LogP contribution >= 0.6 is 0 Å². The van der Waals surface area contributed by atoms with Gasteiger partial charge in [-0.1, -0.05) is 6.07 Å². The summed E-state index contributed by atoms with van der Waals surface area (Å²) in [5.74, 6) is -0.321. The summed E-state index contributed by atoms with van der Waals surface area (Å²) in [7, 11) is 0. The molecule has 0 spiro atoms. The van der Waals surface area contributed by atoms with Crippen molar-refractivity contribution in [2.45, 2.75) is 13.5 Å². The summed E-state index contributed by atoms with van der Waals surface area (Å²) in [6.07, 6.45) is 1.61. The number of carbonyl (C=O) groups excluding carboxylic acids is 1. The molecule has 3 N–H and O–H groups in total. The molecule has 0 fully saturated rings. The number of aromatic nitrogens is 3. The van der Waals surface area contributed by atoms with Crippen molar-refractivity contribution >= 4 is 22.9 Å². The van der Waals surface area contributed by atoms with Gasteiger partial charge in [0.05, 0.1) is 0 Å². The number of nitrogens with zero attached hydrogens (tertiary/aromatic N) is 3. The summed E-state index contributed by atoms with van der Waals surface area (Å²) in [4.78, 5) is 24.2. The first kappa shape index (κ1) is 13.9. The Kier molecular flexibility index (Phi) is 3.38. The zero-order chi connectivity index (χ0) is 15.7. The predicted octanol–water partition coefficient (Wildman–Crippen LogP) is 1.03. The first-order valence-electron chi connectivity index (χ1n) is 6.75. The number of aryl methyl sites for hydroxylation is 1. The van der Waals surface area contributed by atoms with Crippen LogP contribution in [0.15, 0.2) is 47.4 Å². The summed E-state index contributed by atoms with van der Waals surface area (Å²) in [6.45, 7) is 1.70. The molecule has 0 bridgehead atoms. The van der Waals surface area contributed by atoms with Crippen molar-refractivity contribution in [2.24, 2.45) is 0 Å². The van der Waals surface area contributed by atoms with Gasteiger partial charge in [0.25, 0.3) is 0 Å². The average molecular weight is 297 g/mol. The van der Waals surface area contributed by atoms with Gasteiger partial charge >= 0.3 is 5.69 Å². The van der Waals surface area contributed by atoms with E-state index in [2.05, 4.69) is 10.4 Å². The fourth-order valence-electron chi connectivity index (χ4n) is 2.22. The average Bonchev–Trinajstić information content (AvgIpc) is 2.79. The molecule has 0 radical (unpaired) electrons. The highest BCUT2D eigenvalue weighted by Crippen LogP contribution is 2.17. The number of hydrogen-bond acceptors (Lipinski definition) is 4. The van der Waals surface area contributed by atoms with Crippen LogP contribution < -0.4 is 16.7 Å². The van der Waals surface area contributed by atoms with Crippen molar-refractivity contribution < 1.29 is 4.79 Å². The second-order valence-corrected chi connectivity index (χ2v) is 4.99. The minimum Gasteiger partial charge on any atom is -0.399 e. The number of nitrogens with one attached hydrogen (secondary N) is 1. The van der Waals surface area contributed by atoms with Gasteiger partial charge in [-0.05, 0) is 42.8 Å². The Morgan fingerprint density at radius 1 is 1.32 bits per heavy atom. The fourth-order valence-corrected chi connectivity index (χ4v) is 2.22. The Morgan fingerprint density at radius 3 is 2.86 bits per heavy atom. The molecule has 0 saturated heterocycles. The summed E-state index contributed by atoms with van der Waals surface area (Å²) in [5.41, 5.74) is 7.98. The van der Waals surface area contributed by atoms with Crippen LogP contribution in [0.3, 0.4) is 0 Å². The number of rotatable bonds is 3. The maximum atomic E-state index is 12.1. The number of nitrogens with two attached hydrogens (primary N) is 1. The highest BCUT2D eigenvalue weighted by atomic mass is 16.2. The molecule has 7 heteroatoms. The van der Waals surface area contributed by atoms with Crippen molar-refractivity contribution in [3.05, 3.63) is 58.6 Å². The van der Waals surface area contributed by atoms with Crippen LogP contribution in [0.25, 0.3) is 5.65 Å². The lowest BCUT2D eigenvalue weighted by Crippen LogP contribution is -2.28. The fraction of sp³-hybridized carbons (Fsp3) is 0.133. The summed E-state index contributed by atoms with van der Waals surface area (Å²) >= 11 is 0. The summed E-state index contributed by atoms with van der Waals surface area (Å²) < 4.78 is 2.53. The third kappa shape index (κ3) is 2.56. The van der Waals surface area contributed by atoms with Crippen molar-refractivity contribution in [3.63, 3.8) is 0 Å². The monoisotopic (exact) mass is 297 g/mol. The Hall–Kier alpha value is -3.09. The Bertz CT molecular complexity index is 910. The van der Waals surface area contributed by atoms with E-state index in [4.69, 9.17) is 5.73 Å². The molecule has 1 aromatic carbocycles. The normalized spacial score (nSPS) is 10.8. The maximum absolute atomic E-state index is 12.1. The van der Waals surface area contributed by atoms with E-state index >= 15 is 0 Å². The van der Waals surface area contributed by atoms with E-state index < -0.39 is 0 Å². The molecule has 3 aromatic rings. The minimum atomic E-state index is -0.347. The van der Waals surface area contributed by atoms with Crippen molar-refractivity contribution in [2.75, 3.05) is 11.1 Å². The number of pyridine rings is 1. The maximum Gasteiger partial charge on any atom is 0.350 e. The number of amides is 1. The number of anilines is 2. The van der Waals surface area contributed by atoms with E-state index in [1.807, 2.05) is 6.92 Å². The molecule has 0 aliphatic heterocycles. The number of carbonyl (C=O) groups is 1. The van der Waals surface area contributed by atoms with Crippen LogP contribution in [0, 0.1) is 6.92 Å². The van der Waals surface area contributed by atoms with E-state index in [0.29, 0.717) is 17.0 Å². The quantitative estimate of drug-likeness (QED) is 0.706. The molecule has 22 heavy (non-hydrogen) atoms. The van der Waals surface area contributed by atoms with Crippen molar-refractivity contribution in [1.29, 1.82) is 0 Å². The standard InChI is InChI=1S/C15H15N5O2/c1-10-8-11(16)5-6-12(10)17-14(21)9-20-15(22)19-7-3-2-4-13(19)18-20/h2-8H,9,16H2,1H3,(H,17,21). The molecule has 3 rings (SSSR count). The number of benzene rings is 1. The largest absolute Gasteiger partial charge is 0.399 e. The molecule has 0 aliphatic rings. The number of nitrogen functional groups attached to an aromatic ring is 1. The third-order valence-corrected chi connectivity index (χ3v) is 3.31. The first-order valence-corrected chi connectivity index (χ1v) is 6.75. The topological polar surface area (TPSA) is 94.4 Å². The second kappa shape index (κ2) is 5.36. The highest BCUT2D eigenvalue weighted by molar-refractivity contribution is 5.91. The minimum absolute atomic E-state index is 0.148. The van der Waals surface area contributed by atoms with Crippen LogP contribution in [0.2, 0.25) is 0 Å². The Morgan fingerprint density at radius 2 is 2.14 bits per heavy atom. The predicted molar refractivity (Wildman–Crippen MR) is 83.7 cm³/mol. The lowest BCUT2D eigenvalue weighted by molar-refractivity contribution is -0.117. The van der Waals surface area contributed by atoms with Gasteiger partial charge in [0.2, 0.25) is 5.91 Å². The molecule has 2 aromatic heterocycles. The van der Waals surface area contributed by atoms with E-state index in [0.717, 1.165) is 10.2 Å². The van der Waals surface area contributed by atoms with Crippen molar-refractivity contribution in [3.8, 4) is 0 Å². The van der Waals surface area contributed by atoms with Gasteiger partial charge in [0, 0.05) is 17.6 Å². The van der Waals surface area contributed by atoms with Crippen LogP contribution in [-0.4, -0.2) is 20.1 Å². The Labute approximate surface area is 126 Å². The number of fused-ring (bicyclic) bond motifs is 1. The summed E-state index contributed by atoms with van der Waals surface area (Å²) in [5, 5.41) is 6.87. The molecule has 1 amide bonds. The van der Waals surface area contributed by atoms with E-state index in [1.165, 1.54) is 4.40 Å². The van der Waals surface area contributed by atoms with Gasteiger partial charge in [-0.25, -0.2) is 9.48 Å². The zero-order valence-corrected chi connectivity index (χ0v) is 12.0. The molecule has 2 heterocycles. The summed E-state index contributed by atoms with van der Waals surface area (Å²) in [6, 6.07) is 10.4. The third-order valence-electron chi connectivity index (χ3n) is 3.31. The number of hydrogen-bond donors (Lipinski definition) is 2. The van der Waals surface area contributed by atoms with Crippen LogP contribution in [-0.2, 0) is 11.3 Å². The molecule has 0 saturated carbocycles. The first-order chi connectivity index (χ1) is 10.5. The van der Waals surface area contributed by atoms with E-state index in [1.54, 1.807) is 42.6 Å². The smallest absolute Gasteiger partial charge is 0.350 e. The van der Waals surface area contributed by atoms with Gasteiger partial charge in [-0.2, -0.15) is 0 Å². The highest BCUT2D eigenvalue weighted by Gasteiger charge is 2.11. The van der Waals surface area contributed by atoms with E-state index in [9.17, 15) is 9.59 Å². The molecular formula is C15H15N5O2. The van der Waals surface area contributed by atoms with Gasteiger partial charge in [0.1, 0.15) is 6.54 Å². The molecule has 112 valence electrons. The van der Waals surface area contributed by atoms with Crippen LogP contribution in [0.4, 0.5) is 11.4 Å². The van der Waals surface area contributed by atoms with Crippen molar-refractivity contribution in [1.82, 2.24) is 14.2 Å². The second-order valence-electron chi connectivity index (χ2n) is 4.99. The van der Waals surface area contributed by atoms with Crippen LogP contribution in [0.1, 0.15) is 5.56 Å². The van der Waals surface area contributed by atoms with Gasteiger partial charge in [-0.15, -0.1) is 5.10 Å². The molecular weight excluding hydrogens is 282 g/mol. The van der Waals surface area contributed by atoms with Gasteiger partial charge in [0.15, 0.2) is 5.65 Å².